The Morgan fingerprint density at radius 2 is 1.61 bits per heavy atom. The largest absolute Gasteiger partial charge is 0.494 e. The minimum atomic E-state index is -4.16. The molecule has 0 bridgehead atoms. The highest BCUT2D eigenvalue weighted by Gasteiger charge is 2.32. The molecule has 1 saturated heterocycles. The summed E-state index contributed by atoms with van der Waals surface area (Å²) < 4.78 is 49.4. The minimum Gasteiger partial charge on any atom is -0.494 e. The fourth-order valence-corrected chi connectivity index (χ4v) is 5.48. The number of anilines is 1. The highest BCUT2D eigenvalue weighted by atomic mass is 32.2. The number of likely N-dealkylation sites (tertiary alicyclic amines) is 1. The van der Waals surface area contributed by atoms with E-state index in [1.54, 1.807) is 29.2 Å². The number of carbonyl (C=O) groups is 2. The molecule has 1 aliphatic rings. The Labute approximate surface area is 211 Å². The standard InChI is InChI=1S/C25H32N2O8S/c1-5-35-20-8-6-19(7-9-20)27(17-24(28)26-14-12-18(13-15-26)25(29)34-4)36(30,31)21-10-11-22(32-2)23(16-21)33-3/h6-11,16,18H,5,12-15,17H2,1-4H3. The van der Waals surface area contributed by atoms with Crippen molar-refractivity contribution in [2.24, 2.45) is 5.92 Å². The highest BCUT2D eigenvalue weighted by Crippen LogP contribution is 2.33. The zero-order valence-electron chi connectivity index (χ0n) is 20.9. The number of hydrogen-bond donors (Lipinski definition) is 0. The lowest BCUT2D eigenvalue weighted by molar-refractivity contribution is -0.148. The number of hydrogen-bond acceptors (Lipinski definition) is 8. The second kappa shape index (κ2) is 12.0. The van der Waals surface area contributed by atoms with E-state index < -0.39 is 16.6 Å². The number of sulfonamides is 1. The normalized spacial score (nSPS) is 14.2. The first kappa shape index (κ1) is 27.1. The quantitative estimate of drug-likeness (QED) is 0.440. The Kier molecular flexibility index (Phi) is 9.03. The van der Waals surface area contributed by atoms with Crippen molar-refractivity contribution in [1.29, 1.82) is 0 Å². The summed E-state index contributed by atoms with van der Waals surface area (Å²) in [6.45, 7) is 2.59. The molecule has 0 radical (unpaired) electrons. The lowest BCUT2D eigenvalue weighted by atomic mass is 9.97. The summed E-state index contributed by atoms with van der Waals surface area (Å²) in [5, 5.41) is 0. The molecule has 0 unspecified atom stereocenters. The SMILES string of the molecule is CCOc1ccc(N(CC(=O)N2CCC(C(=O)OC)CC2)S(=O)(=O)c2ccc(OC)c(OC)c2)cc1. The molecular formula is C25H32N2O8S. The van der Waals surface area contributed by atoms with Crippen LogP contribution in [0.5, 0.6) is 17.2 Å². The number of amides is 1. The number of esters is 1. The first-order valence-electron chi connectivity index (χ1n) is 11.6. The highest BCUT2D eigenvalue weighted by molar-refractivity contribution is 7.92. The van der Waals surface area contributed by atoms with Gasteiger partial charge in [-0.05, 0) is 56.2 Å². The third-order valence-electron chi connectivity index (χ3n) is 6.04. The molecule has 1 amide bonds. The van der Waals surface area contributed by atoms with Gasteiger partial charge in [0.25, 0.3) is 10.0 Å². The van der Waals surface area contributed by atoms with Crippen LogP contribution in [0.1, 0.15) is 19.8 Å². The second-order valence-corrected chi connectivity index (χ2v) is 10.00. The average Bonchev–Trinajstić information content (AvgIpc) is 2.91. The topological polar surface area (TPSA) is 112 Å². The van der Waals surface area contributed by atoms with Crippen LogP contribution in [0.25, 0.3) is 0 Å². The molecule has 0 spiro atoms. The summed E-state index contributed by atoms with van der Waals surface area (Å²) in [7, 11) is 0.0527. The number of nitrogens with zero attached hydrogens (tertiary/aromatic N) is 2. The van der Waals surface area contributed by atoms with Crippen molar-refractivity contribution in [2.45, 2.75) is 24.7 Å². The molecular weight excluding hydrogens is 488 g/mol. The maximum absolute atomic E-state index is 13.8. The van der Waals surface area contributed by atoms with E-state index in [9.17, 15) is 18.0 Å². The van der Waals surface area contributed by atoms with E-state index in [1.165, 1.54) is 39.5 Å². The van der Waals surface area contributed by atoms with Gasteiger partial charge in [-0.25, -0.2) is 8.42 Å². The predicted molar refractivity (Wildman–Crippen MR) is 133 cm³/mol. The Hall–Kier alpha value is -3.47. The average molecular weight is 521 g/mol. The Bertz CT molecular complexity index is 1160. The lowest BCUT2D eigenvalue weighted by Gasteiger charge is -2.33. The van der Waals surface area contributed by atoms with Crippen LogP contribution in [-0.2, 0) is 24.3 Å². The van der Waals surface area contributed by atoms with E-state index in [-0.39, 0.29) is 28.4 Å². The van der Waals surface area contributed by atoms with Gasteiger partial charge in [-0.3, -0.25) is 13.9 Å². The number of methoxy groups -OCH3 is 3. The number of piperidine rings is 1. The molecule has 10 nitrogen and oxygen atoms in total. The van der Waals surface area contributed by atoms with Crippen LogP contribution in [-0.4, -0.2) is 72.8 Å². The molecule has 0 aromatic heterocycles. The lowest BCUT2D eigenvalue weighted by Crippen LogP contribution is -2.46. The van der Waals surface area contributed by atoms with Crippen LogP contribution in [0.3, 0.4) is 0 Å². The molecule has 11 heteroatoms. The van der Waals surface area contributed by atoms with Crippen LogP contribution in [0, 0.1) is 5.92 Å². The van der Waals surface area contributed by atoms with Crippen molar-refractivity contribution in [3.8, 4) is 17.2 Å². The van der Waals surface area contributed by atoms with Gasteiger partial charge in [-0.15, -0.1) is 0 Å². The van der Waals surface area contributed by atoms with E-state index >= 15 is 0 Å². The molecule has 0 N–H and O–H groups in total. The number of carbonyl (C=O) groups excluding carboxylic acids is 2. The molecule has 2 aromatic rings. The summed E-state index contributed by atoms with van der Waals surface area (Å²) in [6.07, 6.45) is 0.924. The molecule has 0 atom stereocenters. The van der Waals surface area contributed by atoms with Gasteiger partial charge in [-0.2, -0.15) is 0 Å². The van der Waals surface area contributed by atoms with Crippen molar-refractivity contribution < 1.29 is 37.0 Å². The molecule has 1 heterocycles. The van der Waals surface area contributed by atoms with Crippen molar-refractivity contribution in [3.63, 3.8) is 0 Å². The summed E-state index contributed by atoms with van der Waals surface area (Å²) in [5.74, 6) is 0.290. The number of rotatable bonds is 10. The Morgan fingerprint density at radius 3 is 2.17 bits per heavy atom. The van der Waals surface area contributed by atoms with Gasteiger partial charge in [0.1, 0.15) is 12.3 Å². The zero-order chi connectivity index (χ0) is 26.3. The fraction of sp³-hybridized carbons (Fsp3) is 0.440. The van der Waals surface area contributed by atoms with Crippen LogP contribution >= 0.6 is 0 Å². The molecule has 2 aromatic carbocycles. The number of ether oxygens (including phenoxy) is 4. The molecule has 1 fully saturated rings. The third kappa shape index (κ3) is 6.01. The summed E-state index contributed by atoms with van der Waals surface area (Å²) in [5.41, 5.74) is 0.311. The van der Waals surface area contributed by atoms with E-state index in [4.69, 9.17) is 18.9 Å². The van der Waals surface area contributed by atoms with Gasteiger partial charge in [-0.1, -0.05) is 0 Å². The van der Waals surface area contributed by atoms with Crippen molar-refractivity contribution in [2.75, 3.05) is 51.9 Å². The summed E-state index contributed by atoms with van der Waals surface area (Å²) >= 11 is 0. The second-order valence-electron chi connectivity index (χ2n) is 8.13. The van der Waals surface area contributed by atoms with Gasteiger partial charge >= 0.3 is 5.97 Å². The molecule has 196 valence electrons. The molecule has 0 saturated carbocycles. The third-order valence-corrected chi connectivity index (χ3v) is 7.81. The maximum Gasteiger partial charge on any atom is 0.308 e. The van der Waals surface area contributed by atoms with E-state index in [1.807, 2.05) is 6.92 Å². The Morgan fingerprint density at radius 1 is 0.972 bits per heavy atom. The van der Waals surface area contributed by atoms with Crippen molar-refractivity contribution in [1.82, 2.24) is 4.90 Å². The van der Waals surface area contributed by atoms with Gasteiger partial charge in [0.05, 0.1) is 44.4 Å². The molecule has 0 aliphatic carbocycles. The van der Waals surface area contributed by atoms with E-state index in [0.29, 0.717) is 49.7 Å². The fourth-order valence-electron chi connectivity index (χ4n) is 4.05. The zero-order valence-corrected chi connectivity index (χ0v) is 21.7. The van der Waals surface area contributed by atoms with Crippen LogP contribution in [0.4, 0.5) is 5.69 Å². The first-order valence-corrected chi connectivity index (χ1v) is 13.0. The van der Waals surface area contributed by atoms with Crippen LogP contribution in [0.15, 0.2) is 47.4 Å². The van der Waals surface area contributed by atoms with Gasteiger partial charge in [0.15, 0.2) is 11.5 Å². The summed E-state index contributed by atoms with van der Waals surface area (Å²) in [6, 6.07) is 10.8. The van der Waals surface area contributed by atoms with Gasteiger partial charge in [0.2, 0.25) is 5.91 Å². The number of benzene rings is 2. The van der Waals surface area contributed by atoms with Gasteiger partial charge < -0.3 is 23.8 Å². The van der Waals surface area contributed by atoms with E-state index in [0.717, 1.165) is 4.31 Å². The van der Waals surface area contributed by atoms with E-state index in [2.05, 4.69) is 0 Å². The minimum absolute atomic E-state index is 0.0498. The molecule has 1 aliphatic heterocycles. The molecule has 36 heavy (non-hydrogen) atoms. The summed E-state index contributed by atoms with van der Waals surface area (Å²) in [4.78, 5) is 26.6. The Balaban J connectivity index is 1.91. The van der Waals surface area contributed by atoms with Gasteiger partial charge in [0, 0.05) is 19.2 Å². The maximum atomic E-state index is 13.8. The predicted octanol–water partition coefficient (Wildman–Crippen LogP) is 2.71. The van der Waals surface area contributed by atoms with Crippen molar-refractivity contribution >= 4 is 27.6 Å². The first-order chi connectivity index (χ1) is 17.2. The smallest absolute Gasteiger partial charge is 0.308 e. The van der Waals surface area contributed by atoms with Crippen molar-refractivity contribution in [3.05, 3.63) is 42.5 Å². The van der Waals surface area contributed by atoms with Crippen LogP contribution in [0.2, 0.25) is 0 Å². The monoisotopic (exact) mass is 520 g/mol. The van der Waals surface area contributed by atoms with Crippen LogP contribution < -0.4 is 18.5 Å². The molecule has 3 rings (SSSR count).